The van der Waals surface area contributed by atoms with Gasteiger partial charge in [0.1, 0.15) is 18.3 Å². The Labute approximate surface area is 95.0 Å². The molecule has 5 nitrogen and oxygen atoms in total. The Bertz CT molecular complexity index is 288. The maximum Gasteiger partial charge on any atom is 0.338 e. The highest BCUT2D eigenvalue weighted by atomic mass is 16.8. The van der Waals surface area contributed by atoms with E-state index in [0.29, 0.717) is 6.42 Å². The number of hydrogen-bond acceptors (Lipinski definition) is 5. The van der Waals surface area contributed by atoms with Crippen LogP contribution in [-0.4, -0.2) is 43.3 Å². The SMILES string of the molecule is CC[C@@H]1OC(=O)C2OC(C)(C)OC2C1OC. The van der Waals surface area contributed by atoms with Crippen molar-refractivity contribution in [2.75, 3.05) is 7.11 Å². The molecule has 5 heteroatoms. The fraction of sp³-hybridized carbons (Fsp3) is 0.909. The Morgan fingerprint density at radius 1 is 1.38 bits per heavy atom. The van der Waals surface area contributed by atoms with Crippen LogP contribution in [0.25, 0.3) is 0 Å². The number of carbonyl (C=O) groups excluding carboxylic acids is 1. The van der Waals surface area contributed by atoms with Crippen LogP contribution < -0.4 is 0 Å². The molecular weight excluding hydrogens is 212 g/mol. The molecule has 2 saturated heterocycles. The first-order valence-corrected chi connectivity index (χ1v) is 5.57. The minimum Gasteiger partial charge on any atom is -0.458 e. The van der Waals surface area contributed by atoms with Gasteiger partial charge in [-0.05, 0) is 20.3 Å². The van der Waals surface area contributed by atoms with Crippen molar-refractivity contribution in [3.63, 3.8) is 0 Å². The van der Waals surface area contributed by atoms with E-state index in [-0.39, 0.29) is 24.3 Å². The standard InChI is InChI=1S/C11H18O5/c1-5-6-7(13-4)8-9(10(12)14-6)16-11(2,3)15-8/h6-9H,5H2,1-4H3/t6-,7?,8?,9?/m0/s1. The van der Waals surface area contributed by atoms with Crippen LogP contribution >= 0.6 is 0 Å². The molecule has 0 aliphatic carbocycles. The van der Waals surface area contributed by atoms with Gasteiger partial charge in [-0.25, -0.2) is 4.79 Å². The maximum absolute atomic E-state index is 11.7. The minimum atomic E-state index is -0.756. The van der Waals surface area contributed by atoms with Crippen molar-refractivity contribution in [1.29, 1.82) is 0 Å². The van der Waals surface area contributed by atoms with E-state index < -0.39 is 11.9 Å². The van der Waals surface area contributed by atoms with Crippen molar-refractivity contribution >= 4 is 5.97 Å². The van der Waals surface area contributed by atoms with Crippen molar-refractivity contribution in [2.24, 2.45) is 0 Å². The molecule has 92 valence electrons. The number of methoxy groups -OCH3 is 1. The normalized spacial score (nSPS) is 41.6. The summed E-state index contributed by atoms with van der Waals surface area (Å²) in [6.45, 7) is 5.52. The molecule has 0 saturated carbocycles. The summed E-state index contributed by atoms with van der Waals surface area (Å²) in [6.07, 6.45) is -0.836. The molecule has 0 aromatic heterocycles. The van der Waals surface area contributed by atoms with Gasteiger partial charge in [-0.15, -0.1) is 0 Å². The van der Waals surface area contributed by atoms with E-state index in [2.05, 4.69) is 0 Å². The Kier molecular flexibility index (Phi) is 2.94. The molecule has 0 aromatic rings. The highest BCUT2D eigenvalue weighted by Crippen LogP contribution is 2.36. The zero-order chi connectivity index (χ0) is 11.9. The highest BCUT2D eigenvalue weighted by molar-refractivity contribution is 5.77. The zero-order valence-corrected chi connectivity index (χ0v) is 10.1. The summed E-state index contributed by atoms with van der Waals surface area (Å²) in [6, 6.07) is 0. The molecule has 2 aliphatic rings. The van der Waals surface area contributed by atoms with Crippen molar-refractivity contribution < 1.29 is 23.7 Å². The second kappa shape index (κ2) is 3.98. The summed E-state index contributed by atoms with van der Waals surface area (Å²) in [5.74, 6) is -1.11. The summed E-state index contributed by atoms with van der Waals surface area (Å²) < 4.78 is 21.9. The second-order valence-corrected chi connectivity index (χ2v) is 4.60. The van der Waals surface area contributed by atoms with Crippen LogP contribution in [0.15, 0.2) is 0 Å². The van der Waals surface area contributed by atoms with Crippen molar-refractivity contribution in [3.8, 4) is 0 Å². The predicted molar refractivity (Wildman–Crippen MR) is 54.8 cm³/mol. The lowest BCUT2D eigenvalue weighted by Crippen LogP contribution is -2.54. The molecule has 0 amide bonds. The number of rotatable bonds is 2. The molecule has 0 spiro atoms. The van der Waals surface area contributed by atoms with E-state index in [1.54, 1.807) is 21.0 Å². The fourth-order valence-corrected chi connectivity index (χ4v) is 2.31. The monoisotopic (exact) mass is 230 g/mol. The zero-order valence-electron chi connectivity index (χ0n) is 10.1. The molecule has 2 aliphatic heterocycles. The van der Waals surface area contributed by atoms with Gasteiger partial charge < -0.3 is 18.9 Å². The number of ether oxygens (including phenoxy) is 4. The Hall–Kier alpha value is -0.650. The largest absolute Gasteiger partial charge is 0.458 e. The first kappa shape index (κ1) is 11.8. The molecule has 2 rings (SSSR count). The first-order chi connectivity index (χ1) is 7.48. The molecule has 0 bridgehead atoms. The average molecular weight is 230 g/mol. The molecular formula is C11H18O5. The van der Waals surface area contributed by atoms with Crippen LogP contribution in [0.3, 0.4) is 0 Å². The van der Waals surface area contributed by atoms with Crippen LogP contribution in [0.5, 0.6) is 0 Å². The third-order valence-electron chi connectivity index (χ3n) is 2.99. The minimum absolute atomic E-state index is 0.253. The third-order valence-corrected chi connectivity index (χ3v) is 2.99. The van der Waals surface area contributed by atoms with Gasteiger partial charge in [0.25, 0.3) is 0 Å². The van der Waals surface area contributed by atoms with Gasteiger partial charge in [0, 0.05) is 7.11 Å². The Balaban J connectivity index is 2.22. The van der Waals surface area contributed by atoms with E-state index >= 15 is 0 Å². The highest BCUT2D eigenvalue weighted by Gasteiger charge is 2.55. The molecule has 0 radical (unpaired) electrons. The molecule has 4 atom stereocenters. The molecule has 16 heavy (non-hydrogen) atoms. The topological polar surface area (TPSA) is 54.0 Å². The van der Waals surface area contributed by atoms with Crippen LogP contribution in [0, 0.1) is 0 Å². The lowest BCUT2D eigenvalue weighted by molar-refractivity contribution is -0.189. The van der Waals surface area contributed by atoms with E-state index in [1.165, 1.54) is 0 Å². The van der Waals surface area contributed by atoms with E-state index in [1.807, 2.05) is 6.92 Å². The summed E-state index contributed by atoms with van der Waals surface area (Å²) in [4.78, 5) is 11.7. The van der Waals surface area contributed by atoms with Crippen molar-refractivity contribution in [1.82, 2.24) is 0 Å². The van der Waals surface area contributed by atoms with Crippen LogP contribution in [-0.2, 0) is 23.7 Å². The lowest BCUT2D eigenvalue weighted by Gasteiger charge is -2.35. The number of cyclic esters (lactones) is 1. The first-order valence-electron chi connectivity index (χ1n) is 5.57. The van der Waals surface area contributed by atoms with Gasteiger partial charge in [-0.1, -0.05) is 6.92 Å². The second-order valence-electron chi connectivity index (χ2n) is 4.60. The molecule has 2 heterocycles. The number of carbonyl (C=O) groups is 1. The average Bonchev–Trinajstić information content (AvgIpc) is 2.54. The summed E-state index contributed by atoms with van der Waals surface area (Å²) >= 11 is 0. The molecule has 0 N–H and O–H groups in total. The predicted octanol–water partition coefficient (Wildman–Crippen LogP) is 0.857. The van der Waals surface area contributed by atoms with Gasteiger partial charge in [0.2, 0.25) is 0 Å². The smallest absolute Gasteiger partial charge is 0.338 e. The van der Waals surface area contributed by atoms with Gasteiger partial charge in [-0.3, -0.25) is 0 Å². The van der Waals surface area contributed by atoms with Gasteiger partial charge in [-0.2, -0.15) is 0 Å². The molecule has 0 aromatic carbocycles. The summed E-state index contributed by atoms with van der Waals surface area (Å²) in [5, 5.41) is 0. The third kappa shape index (κ3) is 1.83. The van der Waals surface area contributed by atoms with Crippen LogP contribution in [0.4, 0.5) is 0 Å². The van der Waals surface area contributed by atoms with E-state index in [4.69, 9.17) is 18.9 Å². The van der Waals surface area contributed by atoms with Crippen LogP contribution in [0.2, 0.25) is 0 Å². The maximum atomic E-state index is 11.7. The van der Waals surface area contributed by atoms with Crippen molar-refractivity contribution in [3.05, 3.63) is 0 Å². The number of esters is 1. The molecule has 2 fully saturated rings. The van der Waals surface area contributed by atoms with Gasteiger partial charge >= 0.3 is 5.97 Å². The Morgan fingerprint density at radius 2 is 2.06 bits per heavy atom. The van der Waals surface area contributed by atoms with E-state index in [0.717, 1.165) is 0 Å². The summed E-state index contributed by atoms with van der Waals surface area (Å²) in [7, 11) is 1.60. The quantitative estimate of drug-likeness (QED) is 0.658. The van der Waals surface area contributed by atoms with Crippen molar-refractivity contribution in [2.45, 2.75) is 57.4 Å². The number of hydrogen-bond donors (Lipinski definition) is 0. The van der Waals surface area contributed by atoms with E-state index in [9.17, 15) is 4.79 Å². The number of fused-ring (bicyclic) bond motifs is 1. The van der Waals surface area contributed by atoms with Crippen LogP contribution in [0.1, 0.15) is 27.2 Å². The van der Waals surface area contributed by atoms with Gasteiger partial charge in [0.05, 0.1) is 0 Å². The summed E-state index contributed by atoms with van der Waals surface area (Å²) in [5.41, 5.74) is 0. The Morgan fingerprint density at radius 3 is 2.62 bits per heavy atom. The lowest BCUT2D eigenvalue weighted by atomic mass is 9.98. The van der Waals surface area contributed by atoms with Gasteiger partial charge in [0.15, 0.2) is 11.9 Å². The molecule has 3 unspecified atom stereocenters. The fourth-order valence-electron chi connectivity index (χ4n) is 2.31.